The van der Waals surface area contributed by atoms with Gasteiger partial charge in [-0.25, -0.2) is 0 Å². The molecule has 0 aromatic carbocycles. The van der Waals surface area contributed by atoms with Gasteiger partial charge in [0.25, 0.3) is 0 Å². The molecular weight excluding hydrogens is 669 g/mol. The highest BCUT2D eigenvalue weighted by atomic mass is 16.6. The Morgan fingerprint density at radius 3 is 1.43 bits per heavy atom. The lowest BCUT2D eigenvalue weighted by molar-refractivity contribution is -0.162. The normalized spacial score (nSPS) is 13.2. The van der Waals surface area contributed by atoms with Crippen LogP contribution in [0.1, 0.15) is 175 Å². The molecule has 5 nitrogen and oxygen atoms in total. The van der Waals surface area contributed by atoms with Crippen molar-refractivity contribution in [1.29, 1.82) is 0 Å². The van der Waals surface area contributed by atoms with E-state index in [9.17, 15) is 9.59 Å². The molecule has 0 aliphatic heterocycles. The first-order valence-corrected chi connectivity index (χ1v) is 21.8. The molecule has 0 aromatic heterocycles. The van der Waals surface area contributed by atoms with Crippen LogP contribution in [0.15, 0.2) is 97.2 Å². The molecule has 54 heavy (non-hydrogen) atoms. The van der Waals surface area contributed by atoms with Gasteiger partial charge in [0.1, 0.15) is 6.61 Å². The van der Waals surface area contributed by atoms with E-state index in [0.29, 0.717) is 13.0 Å². The van der Waals surface area contributed by atoms with Crippen molar-refractivity contribution in [2.24, 2.45) is 0 Å². The number of esters is 2. The van der Waals surface area contributed by atoms with Crippen LogP contribution in [0.2, 0.25) is 0 Å². The highest BCUT2D eigenvalue weighted by molar-refractivity contribution is 5.71. The van der Waals surface area contributed by atoms with Crippen molar-refractivity contribution in [1.82, 2.24) is 0 Å². The van der Waals surface area contributed by atoms with Crippen LogP contribution in [0.4, 0.5) is 0 Å². The topological polar surface area (TPSA) is 61.8 Å². The van der Waals surface area contributed by atoms with E-state index in [1.807, 2.05) is 12.2 Å². The fraction of sp³-hybridized carbons (Fsp3) is 0.633. The van der Waals surface area contributed by atoms with Gasteiger partial charge in [-0.15, -0.1) is 0 Å². The van der Waals surface area contributed by atoms with Gasteiger partial charge in [-0.2, -0.15) is 0 Å². The molecule has 0 saturated heterocycles. The molecule has 0 aromatic rings. The molecule has 0 fully saturated rings. The average Bonchev–Trinajstić information content (AvgIpc) is 3.17. The highest BCUT2D eigenvalue weighted by Crippen LogP contribution is 2.12. The maximum absolute atomic E-state index is 12.6. The Morgan fingerprint density at radius 1 is 0.444 bits per heavy atom. The van der Waals surface area contributed by atoms with Gasteiger partial charge >= 0.3 is 11.9 Å². The molecule has 0 rings (SSSR count). The van der Waals surface area contributed by atoms with Gasteiger partial charge in [-0.05, 0) is 77.0 Å². The lowest BCUT2D eigenvalue weighted by atomic mass is 10.1. The second-order valence-corrected chi connectivity index (χ2v) is 13.9. The minimum absolute atomic E-state index is 0.0355. The second kappa shape index (κ2) is 44.2. The zero-order valence-electron chi connectivity index (χ0n) is 34.9. The number of carbonyl (C=O) groups excluding carboxylic acids is 2. The van der Waals surface area contributed by atoms with Crippen molar-refractivity contribution < 1.29 is 23.8 Å². The van der Waals surface area contributed by atoms with Crippen LogP contribution < -0.4 is 0 Å². The summed E-state index contributed by atoms with van der Waals surface area (Å²) in [7, 11) is 0. The van der Waals surface area contributed by atoms with Gasteiger partial charge in [0.05, 0.1) is 13.0 Å². The summed E-state index contributed by atoms with van der Waals surface area (Å²) < 4.78 is 17.1. The molecule has 0 saturated carbocycles. The van der Waals surface area contributed by atoms with E-state index in [1.54, 1.807) is 0 Å². The summed E-state index contributed by atoms with van der Waals surface area (Å²) in [5, 5.41) is 0. The quantitative estimate of drug-likeness (QED) is 0.0357. The largest absolute Gasteiger partial charge is 0.462 e. The van der Waals surface area contributed by atoms with Crippen LogP contribution >= 0.6 is 0 Å². The molecule has 306 valence electrons. The molecule has 1 atom stereocenters. The predicted molar refractivity (Wildman–Crippen MR) is 233 cm³/mol. The van der Waals surface area contributed by atoms with Gasteiger partial charge in [0, 0.05) is 13.0 Å². The Labute approximate surface area is 332 Å². The maximum atomic E-state index is 12.6. The standard InChI is InChI=1S/C49H80O5/c1-4-7-10-13-16-18-20-22-24-25-27-28-30-32-34-36-39-42-48(50)53-46-47(45-52-44-41-38-15-12-9-6-3)54-49(51)43-40-37-35-33-31-29-26-23-21-19-17-14-11-8-5-2/h7-8,10-11,16-19,22-24,26,31,33,37,40,47H,4-6,9,12-15,20-21,25,27-30,32,34-36,38-39,41-46H2,1-3H3/b10-7-,11-8-,18-16-,19-17-,24-22-,26-23-,33-31-,40-37-. The summed E-state index contributed by atoms with van der Waals surface area (Å²) in [4.78, 5) is 25.1. The SMILES string of the molecule is CC/C=C\C/C=C\C/C=C\C/C=C\C/C=C\CC(=O)OC(COCCCCCCCC)COC(=O)CCCCCCCCC/C=C\C/C=C\C/C=C\CC. The average molecular weight is 749 g/mol. The predicted octanol–water partition coefficient (Wildman–Crippen LogP) is 14.3. The van der Waals surface area contributed by atoms with Crippen molar-refractivity contribution in [2.75, 3.05) is 19.8 Å². The summed E-state index contributed by atoms with van der Waals surface area (Å²) in [5.41, 5.74) is 0. The number of carbonyl (C=O) groups is 2. The van der Waals surface area contributed by atoms with Crippen molar-refractivity contribution in [3.63, 3.8) is 0 Å². The number of hydrogen-bond acceptors (Lipinski definition) is 5. The van der Waals surface area contributed by atoms with E-state index in [0.717, 1.165) is 89.9 Å². The molecular formula is C49H80O5. The first-order valence-electron chi connectivity index (χ1n) is 21.8. The number of allylic oxidation sites excluding steroid dienone is 15. The third kappa shape index (κ3) is 41.6. The van der Waals surface area contributed by atoms with Crippen LogP contribution in [0.5, 0.6) is 0 Å². The van der Waals surface area contributed by atoms with Gasteiger partial charge in [-0.3, -0.25) is 9.59 Å². The van der Waals surface area contributed by atoms with E-state index in [4.69, 9.17) is 14.2 Å². The van der Waals surface area contributed by atoms with Crippen LogP contribution in [0.3, 0.4) is 0 Å². The van der Waals surface area contributed by atoms with Gasteiger partial charge in [-0.1, -0.05) is 182 Å². The Hall–Kier alpha value is -3.18. The Kier molecular flexibility index (Phi) is 41.6. The number of rotatable bonds is 38. The Balaban J connectivity index is 4.29. The molecule has 0 heterocycles. The lowest BCUT2D eigenvalue weighted by Crippen LogP contribution is -2.29. The van der Waals surface area contributed by atoms with Crippen LogP contribution in [0, 0.1) is 0 Å². The third-order valence-corrected chi connectivity index (χ3v) is 8.65. The zero-order valence-corrected chi connectivity index (χ0v) is 34.9. The van der Waals surface area contributed by atoms with E-state index in [1.165, 1.54) is 51.4 Å². The molecule has 0 aliphatic rings. The van der Waals surface area contributed by atoms with Crippen molar-refractivity contribution in [2.45, 2.75) is 181 Å². The summed E-state index contributed by atoms with van der Waals surface area (Å²) >= 11 is 0. The number of unbranched alkanes of at least 4 members (excludes halogenated alkanes) is 12. The van der Waals surface area contributed by atoms with Crippen molar-refractivity contribution in [3.8, 4) is 0 Å². The Bertz CT molecular complexity index is 1070. The molecule has 5 heteroatoms. The third-order valence-electron chi connectivity index (χ3n) is 8.65. The minimum Gasteiger partial charge on any atom is -0.462 e. The molecule has 0 bridgehead atoms. The second-order valence-electron chi connectivity index (χ2n) is 13.9. The highest BCUT2D eigenvalue weighted by Gasteiger charge is 2.17. The van der Waals surface area contributed by atoms with Gasteiger partial charge in [0.2, 0.25) is 0 Å². The fourth-order valence-corrected chi connectivity index (χ4v) is 5.48. The van der Waals surface area contributed by atoms with E-state index in [2.05, 4.69) is 106 Å². The maximum Gasteiger partial charge on any atom is 0.310 e. The Morgan fingerprint density at radius 2 is 0.889 bits per heavy atom. The molecule has 0 radical (unpaired) electrons. The summed E-state index contributed by atoms with van der Waals surface area (Å²) in [6.45, 7) is 7.42. The molecule has 0 N–H and O–H groups in total. The summed E-state index contributed by atoms with van der Waals surface area (Å²) in [6, 6.07) is 0. The monoisotopic (exact) mass is 749 g/mol. The molecule has 0 spiro atoms. The fourth-order valence-electron chi connectivity index (χ4n) is 5.48. The van der Waals surface area contributed by atoms with Gasteiger partial charge < -0.3 is 14.2 Å². The van der Waals surface area contributed by atoms with E-state index < -0.39 is 6.10 Å². The summed E-state index contributed by atoms with van der Waals surface area (Å²) in [6.07, 6.45) is 58.7. The zero-order chi connectivity index (χ0) is 39.3. The molecule has 0 amide bonds. The van der Waals surface area contributed by atoms with Crippen LogP contribution in [-0.4, -0.2) is 37.9 Å². The van der Waals surface area contributed by atoms with Crippen molar-refractivity contribution in [3.05, 3.63) is 97.2 Å². The number of ether oxygens (including phenoxy) is 3. The van der Waals surface area contributed by atoms with E-state index in [-0.39, 0.29) is 31.6 Å². The minimum atomic E-state index is -0.594. The lowest BCUT2D eigenvalue weighted by Gasteiger charge is -2.18. The van der Waals surface area contributed by atoms with Gasteiger partial charge in [0.15, 0.2) is 6.10 Å². The van der Waals surface area contributed by atoms with Crippen LogP contribution in [0.25, 0.3) is 0 Å². The van der Waals surface area contributed by atoms with Crippen LogP contribution in [-0.2, 0) is 23.8 Å². The van der Waals surface area contributed by atoms with E-state index >= 15 is 0 Å². The first-order chi connectivity index (χ1) is 26.6. The molecule has 0 aliphatic carbocycles. The molecule has 1 unspecified atom stereocenters. The number of hydrogen-bond donors (Lipinski definition) is 0. The first kappa shape index (κ1) is 50.8. The smallest absolute Gasteiger partial charge is 0.310 e. The van der Waals surface area contributed by atoms with Crippen molar-refractivity contribution >= 4 is 11.9 Å². The summed E-state index contributed by atoms with van der Waals surface area (Å²) in [5.74, 6) is -0.566.